The van der Waals surface area contributed by atoms with Gasteiger partial charge in [-0.05, 0) is 42.5 Å². The number of amides is 2. The van der Waals surface area contributed by atoms with Crippen LogP contribution in [0.4, 0.5) is 14.5 Å². The van der Waals surface area contributed by atoms with Crippen LogP contribution < -0.4 is 15.4 Å². The van der Waals surface area contributed by atoms with Crippen LogP contribution in [0.1, 0.15) is 32.8 Å². The zero-order valence-electron chi connectivity index (χ0n) is 15.4. The highest BCUT2D eigenvalue weighted by atomic mass is 19.3. The van der Waals surface area contributed by atoms with Gasteiger partial charge < -0.3 is 15.4 Å². The molecule has 0 unspecified atom stereocenters. The molecule has 1 heterocycles. The summed E-state index contributed by atoms with van der Waals surface area (Å²) < 4.78 is 31.2. The monoisotopic (exact) mass is 397 g/mol. The average Bonchev–Trinajstić information content (AvgIpc) is 2.74. The molecule has 8 heteroatoms. The van der Waals surface area contributed by atoms with Gasteiger partial charge in [0.2, 0.25) is 0 Å². The number of ether oxygens (including phenoxy) is 1. The lowest BCUT2D eigenvalue weighted by atomic mass is 10.1. The van der Waals surface area contributed by atoms with E-state index in [4.69, 9.17) is 4.74 Å². The van der Waals surface area contributed by atoms with Crippen molar-refractivity contribution in [2.75, 3.05) is 12.4 Å². The Hall–Kier alpha value is -3.81. The third kappa shape index (κ3) is 5.13. The second-order valence-electron chi connectivity index (χ2n) is 5.96. The second kappa shape index (κ2) is 8.92. The first kappa shape index (κ1) is 19.9. The number of alkyl halides is 2. The Kier molecular flexibility index (Phi) is 6.13. The van der Waals surface area contributed by atoms with Gasteiger partial charge in [-0.3, -0.25) is 14.6 Å². The minimum absolute atomic E-state index is 0.140. The van der Waals surface area contributed by atoms with Gasteiger partial charge in [0.15, 0.2) is 0 Å². The van der Waals surface area contributed by atoms with E-state index in [0.29, 0.717) is 17.2 Å². The SMILES string of the molecule is CNC(=O)c1cc(Oc2ccc(NC(=O)c3cccc(C(F)F)c3)cc2)ccn1. The number of nitrogens with zero attached hydrogens (tertiary/aromatic N) is 1. The minimum Gasteiger partial charge on any atom is -0.457 e. The average molecular weight is 397 g/mol. The van der Waals surface area contributed by atoms with Crippen molar-refractivity contribution in [1.82, 2.24) is 10.3 Å². The molecule has 0 bridgehead atoms. The van der Waals surface area contributed by atoms with E-state index < -0.39 is 12.3 Å². The van der Waals surface area contributed by atoms with Crippen molar-refractivity contribution in [2.45, 2.75) is 6.43 Å². The third-order valence-electron chi connectivity index (χ3n) is 3.94. The third-order valence-corrected chi connectivity index (χ3v) is 3.94. The summed E-state index contributed by atoms with van der Waals surface area (Å²) in [7, 11) is 1.51. The van der Waals surface area contributed by atoms with E-state index in [9.17, 15) is 18.4 Å². The molecule has 29 heavy (non-hydrogen) atoms. The number of hydrogen-bond donors (Lipinski definition) is 2. The van der Waals surface area contributed by atoms with Gasteiger partial charge in [-0.25, -0.2) is 8.78 Å². The summed E-state index contributed by atoms with van der Waals surface area (Å²) in [6.45, 7) is 0. The van der Waals surface area contributed by atoms with Crippen molar-refractivity contribution >= 4 is 17.5 Å². The number of halogens is 2. The highest BCUT2D eigenvalue weighted by molar-refractivity contribution is 6.04. The minimum atomic E-state index is -2.64. The van der Waals surface area contributed by atoms with Crippen molar-refractivity contribution in [3.63, 3.8) is 0 Å². The number of carbonyl (C=O) groups is 2. The van der Waals surface area contributed by atoms with E-state index in [0.717, 1.165) is 6.07 Å². The molecule has 2 amide bonds. The first-order valence-electron chi connectivity index (χ1n) is 8.62. The van der Waals surface area contributed by atoms with Gasteiger partial charge in [0.25, 0.3) is 18.2 Å². The molecule has 3 aromatic rings. The molecule has 2 N–H and O–H groups in total. The van der Waals surface area contributed by atoms with Gasteiger partial charge in [0, 0.05) is 36.1 Å². The van der Waals surface area contributed by atoms with Gasteiger partial charge in [-0.1, -0.05) is 12.1 Å². The summed E-state index contributed by atoms with van der Waals surface area (Å²) in [5.74, 6) is 0.0888. The Bertz CT molecular complexity index is 1020. The summed E-state index contributed by atoms with van der Waals surface area (Å²) in [6, 6.07) is 14.9. The fourth-order valence-corrected chi connectivity index (χ4v) is 2.49. The van der Waals surface area contributed by atoms with Crippen LogP contribution in [-0.4, -0.2) is 23.8 Å². The Balaban J connectivity index is 1.67. The lowest BCUT2D eigenvalue weighted by Crippen LogP contribution is -2.18. The molecule has 0 aliphatic heterocycles. The topological polar surface area (TPSA) is 80.3 Å². The number of rotatable bonds is 6. The summed E-state index contributed by atoms with van der Waals surface area (Å²) >= 11 is 0. The fraction of sp³-hybridized carbons (Fsp3) is 0.0952. The number of carbonyl (C=O) groups excluding carboxylic acids is 2. The lowest BCUT2D eigenvalue weighted by molar-refractivity contribution is 0.0956. The quantitative estimate of drug-likeness (QED) is 0.645. The van der Waals surface area contributed by atoms with Crippen LogP contribution >= 0.6 is 0 Å². The summed E-state index contributed by atoms with van der Waals surface area (Å²) in [5, 5.41) is 5.13. The van der Waals surface area contributed by atoms with Crippen LogP contribution in [0.5, 0.6) is 11.5 Å². The van der Waals surface area contributed by atoms with E-state index in [2.05, 4.69) is 15.6 Å². The standard InChI is InChI=1S/C21H17F2N3O3/c1-24-21(28)18-12-17(9-10-25-18)29-16-7-5-15(6-8-16)26-20(27)14-4-2-3-13(11-14)19(22)23/h2-12,19H,1H3,(H,24,28)(H,26,27). The molecule has 1 aromatic heterocycles. The maximum atomic E-state index is 12.8. The van der Waals surface area contributed by atoms with Crippen molar-refractivity contribution < 1.29 is 23.1 Å². The first-order valence-corrected chi connectivity index (χ1v) is 8.62. The van der Waals surface area contributed by atoms with E-state index >= 15 is 0 Å². The van der Waals surface area contributed by atoms with E-state index in [1.807, 2.05) is 0 Å². The molecule has 0 saturated carbocycles. The predicted molar refractivity (Wildman–Crippen MR) is 103 cm³/mol. The van der Waals surface area contributed by atoms with Crippen molar-refractivity contribution in [1.29, 1.82) is 0 Å². The predicted octanol–water partition coefficient (Wildman–Crippen LogP) is 4.42. The molecule has 6 nitrogen and oxygen atoms in total. The fourth-order valence-electron chi connectivity index (χ4n) is 2.49. The smallest absolute Gasteiger partial charge is 0.269 e. The number of hydrogen-bond acceptors (Lipinski definition) is 4. The molecular weight excluding hydrogens is 380 g/mol. The maximum Gasteiger partial charge on any atom is 0.269 e. The van der Waals surface area contributed by atoms with Gasteiger partial charge in [-0.15, -0.1) is 0 Å². The number of anilines is 1. The lowest BCUT2D eigenvalue weighted by Gasteiger charge is -2.09. The molecule has 0 radical (unpaired) electrons. The van der Waals surface area contributed by atoms with Crippen LogP contribution in [0.3, 0.4) is 0 Å². The second-order valence-corrected chi connectivity index (χ2v) is 5.96. The Morgan fingerprint density at radius 3 is 2.41 bits per heavy atom. The zero-order chi connectivity index (χ0) is 20.8. The largest absolute Gasteiger partial charge is 0.457 e. The van der Waals surface area contributed by atoms with Crippen LogP contribution in [0, 0.1) is 0 Å². The van der Waals surface area contributed by atoms with E-state index in [1.54, 1.807) is 30.3 Å². The molecule has 3 rings (SSSR count). The van der Waals surface area contributed by atoms with E-state index in [1.165, 1.54) is 37.5 Å². The highest BCUT2D eigenvalue weighted by Crippen LogP contribution is 2.24. The van der Waals surface area contributed by atoms with Crippen molar-refractivity contribution in [2.24, 2.45) is 0 Å². The highest BCUT2D eigenvalue weighted by Gasteiger charge is 2.12. The van der Waals surface area contributed by atoms with Gasteiger partial charge in [0.1, 0.15) is 17.2 Å². The van der Waals surface area contributed by atoms with E-state index in [-0.39, 0.29) is 22.7 Å². The van der Waals surface area contributed by atoms with Crippen LogP contribution in [0.25, 0.3) is 0 Å². The Labute approximate surface area is 165 Å². The number of pyridine rings is 1. The van der Waals surface area contributed by atoms with Crippen LogP contribution in [0.2, 0.25) is 0 Å². The van der Waals surface area contributed by atoms with Crippen molar-refractivity contribution in [3.05, 3.63) is 83.7 Å². The molecule has 0 aliphatic carbocycles. The van der Waals surface area contributed by atoms with Gasteiger partial charge in [0.05, 0.1) is 0 Å². The van der Waals surface area contributed by atoms with Crippen LogP contribution in [0.15, 0.2) is 66.9 Å². The molecule has 0 aliphatic rings. The van der Waals surface area contributed by atoms with Gasteiger partial charge >= 0.3 is 0 Å². The molecule has 148 valence electrons. The Morgan fingerprint density at radius 1 is 0.966 bits per heavy atom. The summed E-state index contributed by atoms with van der Waals surface area (Å²) in [6.07, 6.45) is -1.18. The number of benzene rings is 2. The molecule has 0 saturated heterocycles. The molecule has 0 atom stereocenters. The molecule has 0 spiro atoms. The molecule has 2 aromatic carbocycles. The Morgan fingerprint density at radius 2 is 1.72 bits per heavy atom. The van der Waals surface area contributed by atoms with Crippen molar-refractivity contribution in [3.8, 4) is 11.5 Å². The van der Waals surface area contributed by atoms with Crippen LogP contribution in [-0.2, 0) is 0 Å². The molecular formula is C21H17F2N3O3. The zero-order valence-corrected chi connectivity index (χ0v) is 15.4. The maximum absolute atomic E-state index is 12.8. The number of nitrogens with one attached hydrogen (secondary N) is 2. The summed E-state index contributed by atoms with van der Waals surface area (Å²) in [5.41, 5.74) is 0.627. The summed E-state index contributed by atoms with van der Waals surface area (Å²) in [4.78, 5) is 27.9. The normalized spacial score (nSPS) is 10.5. The van der Waals surface area contributed by atoms with Gasteiger partial charge in [-0.2, -0.15) is 0 Å². The number of aromatic nitrogens is 1. The molecule has 0 fully saturated rings. The first-order chi connectivity index (χ1) is 14.0.